The van der Waals surface area contributed by atoms with Crippen LogP contribution in [0, 0.1) is 5.92 Å². The second-order valence-electron chi connectivity index (χ2n) is 7.61. The van der Waals surface area contributed by atoms with E-state index in [4.69, 9.17) is 9.47 Å². The number of pyridine rings is 1. The third-order valence-corrected chi connectivity index (χ3v) is 5.62. The fourth-order valence-corrected chi connectivity index (χ4v) is 4.02. The minimum Gasteiger partial charge on any atom is -0.465 e. The molecule has 1 unspecified atom stereocenters. The fourth-order valence-electron chi connectivity index (χ4n) is 4.02. The van der Waals surface area contributed by atoms with Gasteiger partial charge < -0.3 is 14.5 Å². The molecule has 30 heavy (non-hydrogen) atoms. The molecule has 1 saturated carbocycles. The molecule has 1 N–H and O–H groups in total. The number of rotatable bonds is 5. The van der Waals surface area contributed by atoms with Gasteiger partial charge in [0.2, 0.25) is 17.6 Å². The summed E-state index contributed by atoms with van der Waals surface area (Å²) in [5, 5.41) is 7.21. The number of carbonyl (C=O) groups is 2. The molecule has 2 fully saturated rings. The predicted octanol–water partition coefficient (Wildman–Crippen LogP) is 3.26. The number of ether oxygens (including phenoxy) is 2. The lowest BCUT2D eigenvalue weighted by Gasteiger charge is -2.29. The van der Waals surface area contributed by atoms with Crippen molar-refractivity contribution in [3.05, 3.63) is 35.8 Å². The van der Waals surface area contributed by atoms with Gasteiger partial charge in [0.1, 0.15) is 5.65 Å². The molecular formula is C22H26N4O4. The molecule has 2 aromatic heterocycles. The molecule has 2 aliphatic rings. The molecule has 0 amide bonds. The molecule has 1 aliphatic carbocycles. The van der Waals surface area contributed by atoms with Crippen LogP contribution in [-0.4, -0.2) is 52.3 Å². The Morgan fingerprint density at radius 2 is 2.20 bits per heavy atom. The Balaban J connectivity index is 1.65. The molecule has 8 heteroatoms. The zero-order valence-corrected chi connectivity index (χ0v) is 17.3. The van der Waals surface area contributed by atoms with Crippen LogP contribution in [0.15, 0.2) is 35.4 Å². The van der Waals surface area contributed by atoms with E-state index in [1.165, 1.54) is 6.42 Å². The predicted molar refractivity (Wildman–Crippen MR) is 112 cm³/mol. The Labute approximate surface area is 174 Å². The zero-order chi connectivity index (χ0) is 21.1. The largest absolute Gasteiger partial charge is 0.465 e. The summed E-state index contributed by atoms with van der Waals surface area (Å²) >= 11 is 0. The standard InChI is InChI=1S/C22H26N4O4/c1-3-29-22(28)18-19(27)17(12-14-13-24-20-16(14)10-7-11-23-20)30-21(18)25-26(2)15-8-5-4-6-9-15/h7,10-13,15,18H,3-6,8-9H2,1-2H3,(H,23,24)/b17-12-,25-21-. The van der Waals surface area contributed by atoms with Crippen LogP contribution in [0.3, 0.4) is 0 Å². The average molecular weight is 410 g/mol. The summed E-state index contributed by atoms with van der Waals surface area (Å²) in [6.07, 6.45) is 10.7. The van der Waals surface area contributed by atoms with Gasteiger partial charge in [-0.3, -0.25) is 14.6 Å². The lowest BCUT2D eigenvalue weighted by Crippen LogP contribution is -2.33. The van der Waals surface area contributed by atoms with Crippen LogP contribution in [0.5, 0.6) is 0 Å². The van der Waals surface area contributed by atoms with Gasteiger partial charge in [0.05, 0.1) is 6.61 Å². The van der Waals surface area contributed by atoms with E-state index in [-0.39, 0.29) is 24.3 Å². The summed E-state index contributed by atoms with van der Waals surface area (Å²) in [6, 6.07) is 4.00. The van der Waals surface area contributed by atoms with Crippen molar-refractivity contribution in [2.24, 2.45) is 11.0 Å². The molecule has 0 bridgehead atoms. The second kappa shape index (κ2) is 8.69. The minimum atomic E-state index is -1.18. The number of hydrazone groups is 1. The van der Waals surface area contributed by atoms with E-state index >= 15 is 0 Å². The van der Waals surface area contributed by atoms with Crippen LogP contribution in [0.25, 0.3) is 17.1 Å². The second-order valence-corrected chi connectivity index (χ2v) is 7.61. The normalized spacial score (nSPS) is 22.6. The van der Waals surface area contributed by atoms with Gasteiger partial charge in [-0.1, -0.05) is 19.3 Å². The molecule has 1 atom stereocenters. The monoisotopic (exact) mass is 410 g/mol. The number of hydrogen-bond donors (Lipinski definition) is 1. The maximum absolute atomic E-state index is 13.0. The van der Waals surface area contributed by atoms with E-state index in [0.717, 1.165) is 36.6 Å². The number of carbonyl (C=O) groups excluding carboxylic acids is 2. The third kappa shape index (κ3) is 3.94. The van der Waals surface area contributed by atoms with Crippen LogP contribution in [0.4, 0.5) is 0 Å². The van der Waals surface area contributed by atoms with Gasteiger partial charge in [0, 0.05) is 36.4 Å². The molecule has 0 spiro atoms. The number of ketones is 1. The van der Waals surface area contributed by atoms with Crippen molar-refractivity contribution in [3.63, 3.8) is 0 Å². The number of esters is 1. The number of nitrogens with zero attached hydrogens (tertiary/aromatic N) is 3. The van der Waals surface area contributed by atoms with Crippen LogP contribution in [0.1, 0.15) is 44.6 Å². The minimum absolute atomic E-state index is 0.0774. The highest BCUT2D eigenvalue weighted by Gasteiger charge is 2.45. The number of H-pyrrole nitrogens is 1. The van der Waals surface area contributed by atoms with E-state index in [2.05, 4.69) is 15.1 Å². The van der Waals surface area contributed by atoms with Gasteiger partial charge in [0.25, 0.3) is 0 Å². The van der Waals surface area contributed by atoms with Crippen LogP contribution < -0.4 is 0 Å². The summed E-state index contributed by atoms with van der Waals surface area (Å²) in [5.74, 6) is -2.10. The van der Waals surface area contributed by atoms with Gasteiger partial charge in [-0.05, 0) is 38.0 Å². The van der Waals surface area contributed by atoms with Gasteiger partial charge >= 0.3 is 5.97 Å². The molecule has 3 heterocycles. The van der Waals surface area contributed by atoms with Gasteiger partial charge in [0.15, 0.2) is 5.76 Å². The summed E-state index contributed by atoms with van der Waals surface area (Å²) < 4.78 is 10.9. The zero-order valence-electron chi connectivity index (χ0n) is 17.3. The molecule has 158 valence electrons. The number of aromatic amines is 1. The molecule has 4 rings (SSSR count). The highest BCUT2D eigenvalue weighted by atomic mass is 16.5. The van der Waals surface area contributed by atoms with Crippen molar-refractivity contribution < 1.29 is 19.1 Å². The maximum atomic E-state index is 13.0. The lowest BCUT2D eigenvalue weighted by atomic mass is 9.95. The fraction of sp³-hybridized carbons (Fsp3) is 0.455. The van der Waals surface area contributed by atoms with Gasteiger partial charge in [-0.15, -0.1) is 5.10 Å². The third-order valence-electron chi connectivity index (χ3n) is 5.62. The molecule has 0 radical (unpaired) electrons. The first-order valence-corrected chi connectivity index (χ1v) is 10.4. The van der Waals surface area contributed by atoms with E-state index in [9.17, 15) is 9.59 Å². The first kappa shape index (κ1) is 20.1. The van der Waals surface area contributed by atoms with Crippen LogP contribution in [0.2, 0.25) is 0 Å². The van der Waals surface area contributed by atoms with Crippen molar-refractivity contribution in [3.8, 4) is 0 Å². The SMILES string of the molecule is CCOC(=O)C1C(=O)/C(=C/c2c[nH]c3ncccc23)O/C1=N\N(C)C1CCCCC1. The first-order valence-electron chi connectivity index (χ1n) is 10.4. The number of hydrogen-bond acceptors (Lipinski definition) is 7. The Bertz CT molecular complexity index is 1000. The number of fused-ring (bicyclic) bond motifs is 1. The Kier molecular flexibility index (Phi) is 5.83. The summed E-state index contributed by atoms with van der Waals surface area (Å²) in [5.41, 5.74) is 1.47. The summed E-state index contributed by atoms with van der Waals surface area (Å²) in [7, 11) is 1.87. The Morgan fingerprint density at radius 1 is 1.40 bits per heavy atom. The van der Waals surface area contributed by atoms with Crippen molar-refractivity contribution in [2.75, 3.05) is 13.7 Å². The highest BCUT2D eigenvalue weighted by molar-refractivity contribution is 6.27. The molecule has 2 aromatic rings. The number of aromatic nitrogens is 2. The Morgan fingerprint density at radius 3 is 2.97 bits per heavy atom. The van der Waals surface area contributed by atoms with E-state index in [0.29, 0.717) is 5.65 Å². The van der Waals surface area contributed by atoms with Crippen molar-refractivity contribution in [2.45, 2.75) is 45.1 Å². The van der Waals surface area contributed by atoms with Gasteiger partial charge in [-0.25, -0.2) is 4.98 Å². The molecule has 0 aromatic carbocycles. The van der Waals surface area contributed by atoms with E-state index in [1.54, 1.807) is 25.4 Å². The van der Waals surface area contributed by atoms with Crippen molar-refractivity contribution in [1.29, 1.82) is 0 Å². The first-order chi connectivity index (χ1) is 14.6. The molecule has 1 saturated heterocycles. The summed E-state index contributed by atoms with van der Waals surface area (Å²) in [6.45, 7) is 1.89. The number of allylic oxidation sites excluding steroid dienone is 1. The van der Waals surface area contributed by atoms with Crippen LogP contribution in [-0.2, 0) is 19.1 Å². The maximum Gasteiger partial charge on any atom is 0.326 e. The molecule has 1 aliphatic heterocycles. The number of nitrogens with one attached hydrogen (secondary N) is 1. The van der Waals surface area contributed by atoms with E-state index < -0.39 is 17.7 Å². The van der Waals surface area contributed by atoms with Crippen LogP contribution >= 0.6 is 0 Å². The smallest absolute Gasteiger partial charge is 0.326 e. The Hall–Kier alpha value is -3.16. The topological polar surface area (TPSA) is 96.9 Å². The van der Waals surface area contributed by atoms with Gasteiger partial charge in [-0.2, -0.15) is 0 Å². The summed E-state index contributed by atoms with van der Waals surface area (Å²) in [4.78, 5) is 32.9. The lowest BCUT2D eigenvalue weighted by molar-refractivity contribution is -0.147. The molecular weight excluding hydrogens is 384 g/mol. The number of Topliss-reactive ketones (excluding diaryl/α,β-unsaturated/α-hetero) is 1. The average Bonchev–Trinajstić information content (AvgIpc) is 3.30. The molecule has 8 nitrogen and oxygen atoms in total. The van der Waals surface area contributed by atoms with Crippen molar-refractivity contribution in [1.82, 2.24) is 15.0 Å². The quantitative estimate of drug-likeness (QED) is 0.352. The van der Waals surface area contributed by atoms with Crippen molar-refractivity contribution >= 4 is 34.8 Å². The van der Waals surface area contributed by atoms with E-state index in [1.807, 2.05) is 24.2 Å². The highest BCUT2D eigenvalue weighted by Crippen LogP contribution is 2.29.